The van der Waals surface area contributed by atoms with Crippen LogP contribution in [0.1, 0.15) is 33.2 Å². The number of carbonyl (C=O) groups is 3. The van der Waals surface area contributed by atoms with Crippen LogP contribution in [-0.4, -0.2) is 44.3 Å². The second-order valence-corrected chi connectivity index (χ2v) is 8.20. The number of carbonyl (C=O) groups excluding carboxylic acids is 3. The lowest BCUT2D eigenvalue weighted by atomic mass is 10.2. The molecule has 37 heavy (non-hydrogen) atoms. The molecule has 0 heterocycles. The van der Waals surface area contributed by atoms with Gasteiger partial charge in [-0.2, -0.15) is 5.10 Å². The largest absolute Gasteiger partial charge is 0.494 e. The molecule has 0 saturated heterocycles. The van der Waals surface area contributed by atoms with Crippen molar-refractivity contribution in [1.82, 2.24) is 10.7 Å². The molecule has 192 valence electrons. The van der Waals surface area contributed by atoms with Gasteiger partial charge in [0, 0.05) is 10.6 Å². The fraction of sp³-hybridized carbons (Fsp3) is 0.154. The van der Waals surface area contributed by atoms with Crippen molar-refractivity contribution in [2.45, 2.75) is 6.92 Å². The molecule has 3 aromatic rings. The lowest BCUT2D eigenvalue weighted by Gasteiger charge is -2.10. The van der Waals surface area contributed by atoms with E-state index in [0.717, 1.165) is 0 Å². The van der Waals surface area contributed by atoms with E-state index < -0.39 is 17.8 Å². The van der Waals surface area contributed by atoms with Crippen molar-refractivity contribution >= 4 is 47.2 Å². The Labute approximate surface area is 223 Å². The van der Waals surface area contributed by atoms with Crippen LogP contribution in [0.5, 0.6) is 17.2 Å². The molecule has 0 radical (unpaired) electrons. The van der Waals surface area contributed by atoms with Gasteiger partial charge in [0.05, 0.1) is 37.1 Å². The van der Waals surface area contributed by atoms with Crippen LogP contribution in [0.2, 0.25) is 10.0 Å². The number of hydrazone groups is 1. The number of hydrogen-bond donors (Lipinski definition) is 2. The number of nitrogens with zero attached hydrogens (tertiary/aromatic N) is 1. The predicted octanol–water partition coefficient (Wildman–Crippen LogP) is 4.50. The molecule has 0 spiro atoms. The number of methoxy groups -OCH3 is 1. The average molecular weight is 544 g/mol. The summed E-state index contributed by atoms with van der Waals surface area (Å²) in [7, 11) is 1.41. The molecular weight excluding hydrogens is 521 g/mol. The Hall–Kier alpha value is -4.08. The maximum atomic E-state index is 12.5. The van der Waals surface area contributed by atoms with Crippen LogP contribution in [-0.2, 0) is 4.79 Å². The molecule has 9 nitrogen and oxygen atoms in total. The molecule has 0 aliphatic carbocycles. The number of nitrogens with one attached hydrogen (secondary N) is 2. The van der Waals surface area contributed by atoms with Crippen molar-refractivity contribution in [2.75, 3.05) is 20.3 Å². The Kier molecular flexibility index (Phi) is 9.88. The van der Waals surface area contributed by atoms with Gasteiger partial charge in [-0.05, 0) is 73.2 Å². The van der Waals surface area contributed by atoms with Crippen LogP contribution < -0.4 is 25.0 Å². The van der Waals surface area contributed by atoms with E-state index in [0.29, 0.717) is 28.5 Å². The van der Waals surface area contributed by atoms with Gasteiger partial charge in [-0.15, -0.1) is 0 Å². The fourth-order valence-electron chi connectivity index (χ4n) is 3.01. The second kappa shape index (κ2) is 13.3. The molecule has 0 aliphatic heterocycles. The summed E-state index contributed by atoms with van der Waals surface area (Å²) in [6, 6.07) is 15.7. The Bertz CT molecular complexity index is 1310. The second-order valence-electron chi connectivity index (χ2n) is 7.36. The molecule has 0 bridgehead atoms. The minimum Gasteiger partial charge on any atom is -0.494 e. The van der Waals surface area contributed by atoms with E-state index in [1.165, 1.54) is 37.6 Å². The van der Waals surface area contributed by atoms with E-state index in [4.69, 9.17) is 37.4 Å². The van der Waals surface area contributed by atoms with Crippen molar-refractivity contribution in [1.29, 1.82) is 0 Å². The number of halogens is 2. The summed E-state index contributed by atoms with van der Waals surface area (Å²) >= 11 is 11.9. The average Bonchev–Trinajstić information content (AvgIpc) is 2.88. The molecule has 0 saturated carbocycles. The third-order valence-corrected chi connectivity index (χ3v) is 5.33. The predicted molar refractivity (Wildman–Crippen MR) is 140 cm³/mol. The highest BCUT2D eigenvalue weighted by molar-refractivity contribution is 6.36. The highest BCUT2D eigenvalue weighted by atomic mass is 35.5. The van der Waals surface area contributed by atoms with Crippen LogP contribution >= 0.6 is 23.2 Å². The molecule has 0 unspecified atom stereocenters. The van der Waals surface area contributed by atoms with Crippen molar-refractivity contribution in [3.8, 4) is 17.2 Å². The van der Waals surface area contributed by atoms with Gasteiger partial charge in [0.15, 0.2) is 11.5 Å². The van der Waals surface area contributed by atoms with Crippen LogP contribution in [0.4, 0.5) is 0 Å². The first kappa shape index (κ1) is 27.5. The van der Waals surface area contributed by atoms with Gasteiger partial charge in [-0.1, -0.05) is 23.2 Å². The van der Waals surface area contributed by atoms with Gasteiger partial charge in [0.2, 0.25) is 0 Å². The third kappa shape index (κ3) is 7.96. The first-order valence-corrected chi connectivity index (χ1v) is 11.7. The number of esters is 1. The summed E-state index contributed by atoms with van der Waals surface area (Å²) in [5.74, 6) is -0.529. The molecule has 2 amide bonds. The van der Waals surface area contributed by atoms with E-state index in [1.807, 2.05) is 6.92 Å². The molecule has 0 aromatic heterocycles. The van der Waals surface area contributed by atoms with Crippen molar-refractivity contribution in [2.24, 2.45) is 5.10 Å². The molecule has 0 fully saturated rings. The molecule has 11 heteroatoms. The van der Waals surface area contributed by atoms with Gasteiger partial charge in [-0.25, -0.2) is 10.2 Å². The molecule has 3 rings (SSSR count). The van der Waals surface area contributed by atoms with E-state index >= 15 is 0 Å². The Balaban J connectivity index is 1.53. The maximum Gasteiger partial charge on any atom is 0.345 e. The van der Waals surface area contributed by atoms with E-state index in [-0.39, 0.29) is 28.6 Å². The summed E-state index contributed by atoms with van der Waals surface area (Å²) in [5.41, 5.74) is 3.42. The van der Waals surface area contributed by atoms with Gasteiger partial charge in [-0.3, -0.25) is 9.59 Å². The Morgan fingerprint density at radius 2 is 1.73 bits per heavy atom. The Morgan fingerprint density at radius 3 is 2.41 bits per heavy atom. The molecule has 3 aromatic carbocycles. The van der Waals surface area contributed by atoms with Gasteiger partial charge in [0.1, 0.15) is 5.75 Å². The normalized spacial score (nSPS) is 10.6. The summed E-state index contributed by atoms with van der Waals surface area (Å²) in [4.78, 5) is 36.7. The zero-order chi connectivity index (χ0) is 26.8. The van der Waals surface area contributed by atoms with Crippen molar-refractivity contribution in [3.63, 3.8) is 0 Å². The first-order valence-electron chi connectivity index (χ1n) is 11.0. The summed E-state index contributed by atoms with van der Waals surface area (Å²) in [5, 5.41) is 6.94. The number of benzene rings is 3. The van der Waals surface area contributed by atoms with Gasteiger partial charge in [0.25, 0.3) is 11.8 Å². The SMILES string of the molecule is CCOc1ccc(C(=O)NCC(=O)NN=Cc2ccc(OC(=O)c3ccc(Cl)cc3Cl)c(OC)c2)cc1. The minimum absolute atomic E-state index is 0.149. The van der Waals surface area contributed by atoms with Gasteiger partial charge < -0.3 is 19.5 Å². The third-order valence-electron chi connectivity index (χ3n) is 4.78. The van der Waals surface area contributed by atoms with Crippen molar-refractivity contribution in [3.05, 3.63) is 87.4 Å². The van der Waals surface area contributed by atoms with Crippen LogP contribution in [0.3, 0.4) is 0 Å². The zero-order valence-corrected chi connectivity index (χ0v) is 21.4. The molecule has 2 N–H and O–H groups in total. The number of rotatable bonds is 10. The molecule has 0 atom stereocenters. The maximum absolute atomic E-state index is 12.5. The highest BCUT2D eigenvalue weighted by Gasteiger charge is 2.16. The van der Waals surface area contributed by atoms with E-state index in [2.05, 4.69) is 15.8 Å². The van der Waals surface area contributed by atoms with Crippen molar-refractivity contribution < 1.29 is 28.6 Å². The summed E-state index contributed by atoms with van der Waals surface area (Å²) < 4.78 is 16.0. The van der Waals surface area contributed by atoms with E-state index in [9.17, 15) is 14.4 Å². The summed E-state index contributed by atoms with van der Waals surface area (Å²) in [6.45, 7) is 2.12. The lowest BCUT2D eigenvalue weighted by molar-refractivity contribution is -0.120. The van der Waals surface area contributed by atoms with Gasteiger partial charge >= 0.3 is 5.97 Å². The first-order chi connectivity index (χ1) is 17.8. The zero-order valence-electron chi connectivity index (χ0n) is 19.9. The standard InChI is InChI=1S/C26H23Cl2N3O6/c1-3-36-19-8-5-17(6-9-19)25(33)29-15-24(32)31-30-14-16-4-11-22(23(12-16)35-2)37-26(34)20-10-7-18(27)13-21(20)28/h4-14H,3,15H2,1-2H3,(H,29,33)(H,31,32). The monoisotopic (exact) mass is 543 g/mol. The molecular formula is C26H23Cl2N3O6. The topological polar surface area (TPSA) is 115 Å². The minimum atomic E-state index is -0.680. The highest BCUT2D eigenvalue weighted by Crippen LogP contribution is 2.30. The quantitative estimate of drug-likeness (QED) is 0.168. The number of hydrogen-bond acceptors (Lipinski definition) is 7. The fourth-order valence-corrected chi connectivity index (χ4v) is 3.49. The number of amides is 2. The van der Waals surface area contributed by atoms with Crippen LogP contribution in [0.25, 0.3) is 0 Å². The summed E-state index contributed by atoms with van der Waals surface area (Å²) in [6.07, 6.45) is 1.37. The molecule has 0 aliphatic rings. The van der Waals surface area contributed by atoms with Crippen LogP contribution in [0, 0.1) is 0 Å². The van der Waals surface area contributed by atoms with Crippen LogP contribution in [0.15, 0.2) is 65.8 Å². The number of ether oxygens (including phenoxy) is 3. The smallest absolute Gasteiger partial charge is 0.345 e. The lowest BCUT2D eigenvalue weighted by Crippen LogP contribution is -2.34. The Morgan fingerprint density at radius 1 is 0.973 bits per heavy atom. The van der Waals surface area contributed by atoms with E-state index in [1.54, 1.807) is 36.4 Å².